The summed E-state index contributed by atoms with van der Waals surface area (Å²) in [5.74, 6) is 10.0. The largest absolute Gasteiger partial charge is 0.469 e. The molecular formula is C28H30O2. The lowest BCUT2D eigenvalue weighted by Gasteiger charge is -2.42. The van der Waals surface area contributed by atoms with E-state index in [-0.39, 0.29) is 11.4 Å². The summed E-state index contributed by atoms with van der Waals surface area (Å²) in [7, 11) is 1.67. The second-order valence-corrected chi connectivity index (χ2v) is 12.2. The minimum absolute atomic E-state index is 0.161. The zero-order chi connectivity index (χ0) is 19.5. The highest BCUT2D eigenvalue weighted by molar-refractivity contribution is 5.80. The summed E-state index contributed by atoms with van der Waals surface area (Å²) in [6, 6.07) is 11.0. The van der Waals surface area contributed by atoms with Crippen LogP contribution < -0.4 is 0 Å². The normalized spacial score (nSPS) is 58.6. The highest BCUT2D eigenvalue weighted by Crippen LogP contribution is 2.89. The van der Waals surface area contributed by atoms with Gasteiger partial charge in [0.15, 0.2) is 0 Å². The Bertz CT molecular complexity index is 1040. The van der Waals surface area contributed by atoms with Crippen LogP contribution in [0.3, 0.4) is 0 Å². The topological polar surface area (TPSA) is 26.3 Å². The predicted molar refractivity (Wildman–Crippen MR) is 112 cm³/mol. The van der Waals surface area contributed by atoms with Crippen LogP contribution in [0.5, 0.6) is 0 Å². The Hall–Kier alpha value is -1.57. The fourth-order valence-electron chi connectivity index (χ4n) is 12.8. The quantitative estimate of drug-likeness (QED) is 0.543. The fraction of sp³-hybridized carbons (Fsp3) is 0.679. The van der Waals surface area contributed by atoms with E-state index in [0.717, 1.165) is 65.6 Å². The van der Waals surface area contributed by atoms with Crippen LogP contribution in [0.1, 0.15) is 31.2 Å². The summed E-state index contributed by atoms with van der Waals surface area (Å²) in [4.78, 5) is 14.0. The maximum Gasteiger partial charge on any atom is 0.312 e. The molecular weight excluding hydrogens is 368 g/mol. The van der Waals surface area contributed by atoms with Crippen molar-refractivity contribution in [3.05, 3.63) is 47.0 Å². The van der Waals surface area contributed by atoms with Crippen LogP contribution in [0, 0.1) is 76.4 Å². The molecule has 0 amide bonds. The highest BCUT2D eigenvalue weighted by atomic mass is 16.5. The van der Waals surface area contributed by atoms with E-state index in [9.17, 15) is 4.79 Å². The van der Waals surface area contributed by atoms with E-state index in [2.05, 4.69) is 30.3 Å². The third-order valence-electron chi connectivity index (χ3n) is 12.4. The molecule has 0 spiro atoms. The van der Waals surface area contributed by atoms with Crippen LogP contribution in [0.25, 0.3) is 0 Å². The summed E-state index contributed by atoms with van der Waals surface area (Å²) in [5, 5.41) is 0. The maximum absolute atomic E-state index is 14.0. The summed E-state index contributed by atoms with van der Waals surface area (Å²) < 4.78 is 5.77. The number of allylic oxidation sites excluding steroid dienone is 2. The van der Waals surface area contributed by atoms with Gasteiger partial charge < -0.3 is 4.74 Å². The summed E-state index contributed by atoms with van der Waals surface area (Å²) >= 11 is 0. The number of fused-ring (bicyclic) bond motifs is 3. The van der Waals surface area contributed by atoms with Gasteiger partial charge in [-0.15, -0.1) is 0 Å². The van der Waals surface area contributed by atoms with Crippen LogP contribution in [0.4, 0.5) is 0 Å². The van der Waals surface area contributed by atoms with E-state index in [1.807, 2.05) is 11.1 Å². The molecule has 30 heavy (non-hydrogen) atoms. The van der Waals surface area contributed by atoms with Gasteiger partial charge in [-0.2, -0.15) is 0 Å². The predicted octanol–water partition coefficient (Wildman–Crippen LogP) is 4.75. The number of hydrogen-bond acceptors (Lipinski definition) is 2. The van der Waals surface area contributed by atoms with Crippen molar-refractivity contribution >= 4 is 5.97 Å². The minimum atomic E-state index is -0.259. The highest BCUT2D eigenvalue weighted by Gasteiger charge is 2.86. The number of benzene rings is 1. The number of carbonyl (C=O) groups is 1. The van der Waals surface area contributed by atoms with Gasteiger partial charge in [0.05, 0.1) is 12.5 Å². The molecule has 1 aromatic rings. The Morgan fingerprint density at radius 3 is 2.57 bits per heavy atom. The SMILES string of the molecule is COC(=O)[C@]1(Cc2ccccc2)C2C3CCC4=C5C6CCC7C6C6C5C(C43)C2C6C71. The Morgan fingerprint density at radius 1 is 0.933 bits per heavy atom. The average Bonchev–Trinajstić information content (AvgIpc) is 3.53. The van der Waals surface area contributed by atoms with E-state index in [1.54, 1.807) is 7.11 Å². The maximum atomic E-state index is 14.0. The van der Waals surface area contributed by atoms with Gasteiger partial charge in [-0.05, 0) is 109 Å². The lowest BCUT2D eigenvalue weighted by Crippen LogP contribution is -2.48. The fourth-order valence-corrected chi connectivity index (χ4v) is 12.8. The van der Waals surface area contributed by atoms with Crippen molar-refractivity contribution in [1.82, 2.24) is 0 Å². The van der Waals surface area contributed by atoms with Crippen molar-refractivity contribution in [3.8, 4) is 0 Å². The standard InChI is InChI=1S/C28H30O2/c1-30-27(29)28(11-12-5-3-2-4-6-12)25-15-9-7-13-17-14-8-10-16-19(14)22-20(17)21(18(13)15)23(25)24(22)26(16)28/h2-6,13,15-16,18-26H,7-11H2,1H3/t13?,15?,16?,18?,19?,20?,21?,22?,23?,24?,25?,26?,28-/m0/s1. The van der Waals surface area contributed by atoms with Gasteiger partial charge in [-0.1, -0.05) is 41.5 Å². The summed E-state index contributed by atoms with van der Waals surface area (Å²) in [5.41, 5.74) is 5.07. The van der Waals surface area contributed by atoms with Crippen molar-refractivity contribution in [3.63, 3.8) is 0 Å². The van der Waals surface area contributed by atoms with Crippen molar-refractivity contribution in [2.75, 3.05) is 7.11 Å². The number of rotatable bonds is 3. The van der Waals surface area contributed by atoms with Crippen LogP contribution >= 0.6 is 0 Å². The molecule has 154 valence electrons. The molecule has 0 heterocycles. The Kier molecular flexibility index (Phi) is 2.56. The molecule has 1 aromatic carbocycles. The molecule has 0 bridgehead atoms. The molecule has 0 aromatic heterocycles. The molecule has 2 nitrogen and oxygen atoms in total. The molecule has 12 unspecified atom stereocenters. The Morgan fingerprint density at radius 2 is 1.73 bits per heavy atom. The molecule has 8 aliphatic carbocycles. The molecule has 7 saturated carbocycles. The van der Waals surface area contributed by atoms with Gasteiger partial charge in [-0.3, -0.25) is 4.79 Å². The van der Waals surface area contributed by atoms with Crippen LogP contribution in [-0.4, -0.2) is 13.1 Å². The molecule has 9 rings (SSSR count). The van der Waals surface area contributed by atoms with Gasteiger partial charge in [-0.25, -0.2) is 0 Å². The third-order valence-corrected chi connectivity index (χ3v) is 12.4. The van der Waals surface area contributed by atoms with E-state index >= 15 is 0 Å². The van der Waals surface area contributed by atoms with Gasteiger partial charge in [0.2, 0.25) is 0 Å². The molecule has 0 aliphatic heterocycles. The number of carbonyl (C=O) groups excluding carboxylic acids is 1. The second kappa shape index (κ2) is 4.76. The third kappa shape index (κ3) is 1.33. The van der Waals surface area contributed by atoms with Gasteiger partial charge >= 0.3 is 5.97 Å². The molecule has 0 radical (unpaired) electrons. The summed E-state index contributed by atoms with van der Waals surface area (Å²) in [6.45, 7) is 0. The van der Waals surface area contributed by atoms with Gasteiger partial charge in [0, 0.05) is 0 Å². The number of hydrogen-bond donors (Lipinski definition) is 0. The van der Waals surface area contributed by atoms with E-state index in [4.69, 9.17) is 4.74 Å². The molecule has 0 N–H and O–H groups in total. The van der Waals surface area contributed by atoms with Crippen LogP contribution in [0.15, 0.2) is 41.5 Å². The lowest BCUT2D eigenvalue weighted by molar-refractivity contribution is -0.162. The zero-order valence-electron chi connectivity index (χ0n) is 17.7. The minimum Gasteiger partial charge on any atom is -0.469 e. The first-order valence-corrected chi connectivity index (χ1v) is 12.6. The monoisotopic (exact) mass is 398 g/mol. The van der Waals surface area contributed by atoms with Crippen LogP contribution in [-0.2, 0) is 16.0 Å². The zero-order valence-corrected chi connectivity index (χ0v) is 17.7. The molecule has 0 saturated heterocycles. The van der Waals surface area contributed by atoms with Crippen LogP contribution in [0.2, 0.25) is 0 Å². The average molecular weight is 399 g/mol. The first-order chi connectivity index (χ1) is 14.8. The Balaban J connectivity index is 1.34. The van der Waals surface area contributed by atoms with E-state index in [0.29, 0.717) is 11.8 Å². The molecule has 2 heteroatoms. The molecule has 13 atom stereocenters. The van der Waals surface area contributed by atoms with Crippen molar-refractivity contribution in [2.24, 2.45) is 76.4 Å². The summed E-state index contributed by atoms with van der Waals surface area (Å²) in [6.07, 6.45) is 6.44. The van der Waals surface area contributed by atoms with Crippen molar-refractivity contribution < 1.29 is 9.53 Å². The van der Waals surface area contributed by atoms with Gasteiger partial charge in [0.25, 0.3) is 0 Å². The smallest absolute Gasteiger partial charge is 0.312 e. The van der Waals surface area contributed by atoms with E-state index < -0.39 is 0 Å². The second-order valence-electron chi connectivity index (χ2n) is 12.2. The number of ether oxygens (including phenoxy) is 1. The van der Waals surface area contributed by atoms with Gasteiger partial charge in [0.1, 0.15) is 0 Å². The number of methoxy groups -OCH3 is 1. The molecule has 7 fully saturated rings. The lowest BCUT2D eigenvalue weighted by atomic mass is 9.60. The van der Waals surface area contributed by atoms with Crippen molar-refractivity contribution in [1.29, 1.82) is 0 Å². The van der Waals surface area contributed by atoms with E-state index in [1.165, 1.54) is 31.2 Å². The number of esters is 1. The first-order valence-electron chi connectivity index (χ1n) is 12.6. The Labute approximate surface area is 178 Å². The van der Waals surface area contributed by atoms with Crippen molar-refractivity contribution in [2.45, 2.75) is 32.1 Å². The molecule has 8 aliphatic rings. The first kappa shape index (κ1) is 16.1.